The predicted molar refractivity (Wildman–Crippen MR) is 135 cm³/mol. The summed E-state index contributed by atoms with van der Waals surface area (Å²) in [5.74, 6) is -1.03. The molecular formula is C25H25N3O6S2. The Morgan fingerprint density at radius 1 is 0.917 bits per heavy atom. The van der Waals surface area contributed by atoms with Gasteiger partial charge in [-0.2, -0.15) is 0 Å². The smallest absolute Gasteiger partial charge is 0.262 e. The zero-order chi connectivity index (χ0) is 25.7. The van der Waals surface area contributed by atoms with Crippen molar-refractivity contribution in [2.75, 3.05) is 33.3 Å². The monoisotopic (exact) mass is 527 g/mol. The largest absolute Gasteiger partial charge is 0.497 e. The average molecular weight is 528 g/mol. The zero-order valence-corrected chi connectivity index (χ0v) is 21.1. The van der Waals surface area contributed by atoms with E-state index in [0.29, 0.717) is 16.2 Å². The van der Waals surface area contributed by atoms with Gasteiger partial charge in [-0.25, -0.2) is 8.42 Å². The average Bonchev–Trinajstić information content (AvgIpc) is 3.47. The van der Waals surface area contributed by atoms with Crippen LogP contribution in [0.2, 0.25) is 0 Å². The molecule has 0 spiro atoms. The summed E-state index contributed by atoms with van der Waals surface area (Å²) in [7, 11) is -2.71. The van der Waals surface area contributed by atoms with Crippen LogP contribution in [0.15, 0.2) is 77.0 Å². The molecule has 0 saturated carbocycles. The molecule has 188 valence electrons. The molecule has 36 heavy (non-hydrogen) atoms. The summed E-state index contributed by atoms with van der Waals surface area (Å²) in [6, 6.07) is 17.6. The summed E-state index contributed by atoms with van der Waals surface area (Å²) in [5, 5.41) is 2.32. The lowest BCUT2D eigenvalue weighted by Crippen LogP contribution is -2.57. The van der Waals surface area contributed by atoms with Crippen LogP contribution in [0, 0.1) is 0 Å². The first kappa shape index (κ1) is 25.4. The first-order valence-electron chi connectivity index (χ1n) is 11.2. The van der Waals surface area contributed by atoms with Gasteiger partial charge in [0.2, 0.25) is 15.2 Å². The van der Waals surface area contributed by atoms with Crippen LogP contribution in [-0.4, -0.2) is 74.6 Å². The van der Waals surface area contributed by atoms with E-state index in [1.807, 2.05) is 0 Å². The molecule has 0 unspecified atom stereocenters. The number of methoxy groups -OCH3 is 1. The van der Waals surface area contributed by atoms with Crippen molar-refractivity contribution in [2.24, 2.45) is 0 Å². The molecule has 9 nitrogen and oxygen atoms in total. The second-order valence-electron chi connectivity index (χ2n) is 8.04. The molecule has 0 radical (unpaired) electrons. The Hall–Kier alpha value is -3.70. The normalized spacial score (nSPS) is 14.7. The van der Waals surface area contributed by atoms with Gasteiger partial charge in [-0.3, -0.25) is 14.4 Å². The van der Waals surface area contributed by atoms with Crippen molar-refractivity contribution >= 4 is 38.9 Å². The van der Waals surface area contributed by atoms with Gasteiger partial charge in [0.15, 0.2) is 0 Å². The van der Waals surface area contributed by atoms with Gasteiger partial charge < -0.3 is 19.9 Å². The number of benzene rings is 2. The number of sulfone groups is 1. The third kappa shape index (κ3) is 5.42. The number of ether oxygens (including phenoxy) is 1. The van der Waals surface area contributed by atoms with E-state index in [2.05, 4.69) is 5.32 Å². The van der Waals surface area contributed by atoms with E-state index < -0.39 is 27.0 Å². The maximum Gasteiger partial charge on any atom is 0.262 e. The third-order valence-electron chi connectivity index (χ3n) is 5.81. The predicted octanol–water partition coefficient (Wildman–Crippen LogP) is 2.27. The fourth-order valence-corrected chi connectivity index (χ4v) is 5.96. The molecule has 1 atom stereocenters. The first-order valence-corrected chi connectivity index (χ1v) is 13.6. The van der Waals surface area contributed by atoms with Crippen molar-refractivity contribution in [1.29, 1.82) is 0 Å². The van der Waals surface area contributed by atoms with Crippen molar-refractivity contribution in [3.8, 4) is 5.75 Å². The standard InChI is InChI=1S/C25H25N3O6S2/c1-34-19-8-5-7-18(17-19)24(30)27-12-14-28(15-13-27)25(31)23(26-22(29)21-11-6-16-35-21)36(32,33)20-9-3-2-4-10-20/h2-11,16-17,23H,12-15H2,1H3,(H,26,29)/t23-/m1/s1. The highest BCUT2D eigenvalue weighted by Crippen LogP contribution is 2.20. The Morgan fingerprint density at radius 2 is 1.61 bits per heavy atom. The summed E-state index contributed by atoms with van der Waals surface area (Å²) in [6.45, 7) is 0.700. The van der Waals surface area contributed by atoms with Crippen molar-refractivity contribution in [1.82, 2.24) is 15.1 Å². The van der Waals surface area contributed by atoms with E-state index in [1.54, 1.807) is 64.9 Å². The Balaban J connectivity index is 1.51. The lowest BCUT2D eigenvalue weighted by Gasteiger charge is -2.36. The van der Waals surface area contributed by atoms with Crippen LogP contribution < -0.4 is 10.1 Å². The van der Waals surface area contributed by atoms with Crippen LogP contribution in [0.5, 0.6) is 5.75 Å². The number of hydrogen-bond acceptors (Lipinski definition) is 7. The van der Waals surface area contributed by atoms with Crippen LogP contribution in [0.1, 0.15) is 20.0 Å². The van der Waals surface area contributed by atoms with Gasteiger partial charge >= 0.3 is 0 Å². The van der Waals surface area contributed by atoms with Crippen LogP contribution in [0.4, 0.5) is 0 Å². The number of rotatable bonds is 7. The van der Waals surface area contributed by atoms with E-state index in [-0.39, 0.29) is 37.0 Å². The summed E-state index contributed by atoms with van der Waals surface area (Å²) < 4.78 is 32.0. The highest BCUT2D eigenvalue weighted by atomic mass is 32.2. The lowest BCUT2D eigenvalue weighted by molar-refractivity contribution is -0.132. The molecule has 3 aromatic rings. The van der Waals surface area contributed by atoms with Crippen molar-refractivity contribution in [3.05, 3.63) is 82.6 Å². The van der Waals surface area contributed by atoms with E-state index in [9.17, 15) is 22.8 Å². The van der Waals surface area contributed by atoms with Crippen LogP contribution in [0.25, 0.3) is 0 Å². The molecule has 11 heteroatoms. The molecule has 1 aliphatic heterocycles. The second kappa shape index (κ2) is 10.9. The maximum atomic E-state index is 13.5. The van der Waals surface area contributed by atoms with Gasteiger partial charge in [0.05, 0.1) is 16.9 Å². The second-order valence-corrected chi connectivity index (χ2v) is 11.0. The number of piperazine rings is 1. The first-order chi connectivity index (χ1) is 17.3. The number of amides is 3. The van der Waals surface area contributed by atoms with Gasteiger partial charge in [-0.15, -0.1) is 11.3 Å². The van der Waals surface area contributed by atoms with Gasteiger partial charge in [-0.05, 0) is 41.8 Å². The summed E-state index contributed by atoms with van der Waals surface area (Å²) >= 11 is 1.15. The summed E-state index contributed by atoms with van der Waals surface area (Å²) in [5.41, 5.74) is 0.460. The Labute approximate surface area is 213 Å². The fourth-order valence-electron chi connectivity index (χ4n) is 3.85. The number of carbonyl (C=O) groups is 3. The molecular weight excluding hydrogens is 502 g/mol. The number of hydrogen-bond donors (Lipinski definition) is 1. The zero-order valence-electron chi connectivity index (χ0n) is 19.5. The minimum atomic E-state index is -4.23. The minimum Gasteiger partial charge on any atom is -0.497 e. The van der Waals surface area contributed by atoms with Crippen LogP contribution in [0.3, 0.4) is 0 Å². The molecule has 1 fully saturated rings. The molecule has 1 saturated heterocycles. The van der Waals surface area contributed by atoms with Crippen LogP contribution in [-0.2, 0) is 14.6 Å². The van der Waals surface area contributed by atoms with Crippen molar-refractivity contribution in [3.63, 3.8) is 0 Å². The maximum absolute atomic E-state index is 13.5. The van der Waals surface area contributed by atoms with Crippen LogP contribution >= 0.6 is 11.3 Å². The third-order valence-corrected chi connectivity index (χ3v) is 8.55. The topological polar surface area (TPSA) is 113 Å². The van der Waals surface area contributed by atoms with Gasteiger partial charge in [0.25, 0.3) is 17.7 Å². The molecule has 4 rings (SSSR count). The highest BCUT2D eigenvalue weighted by molar-refractivity contribution is 7.92. The lowest BCUT2D eigenvalue weighted by atomic mass is 10.1. The van der Waals surface area contributed by atoms with E-state index >= 15 is 0 Å². The summed E-state index contributed by atoms with van der Waals surface area (Å²) in [6.07, 6.45) is 0. The Kier molecular flexibility index (Phi) is 7.70. The molecule has 1 aromatic heterocycles. The van der Waals surface area contributed by atoms with E-state index in [1.165, 1.54) is 24.1 Å². The number of nitrogens with one attached hydrogen (secondary N) is 1. The molecule has 0 bridgehead atoms. The molecule has 0 aliphatic carbocycles. The number of thiophene rings is 1. The molecule has 3 amide bonds. The fraction of sp³-hybridized carbons (Fsp3) is 0.240. The summed E-state index contributed by atoms with van der Waals surface area (Å²) in [4.78, 5) is 42.3. The molecule has 1 N–H and O–H groups in total. The van der Waals surface area contributed by atoms with Gasteiger partial charge in [0.1, 0.15) is 5.75 Å². The molecule has 1 aliphatic rings. The van der Waals surface area contributed by atoms with Crippen molar-refractivity contribution < 1.29 is 27.5 Å². The van der Waals surface area contributed by atoms with Crippen molar-refractivity contribution in [2.45, 2.75) is 10.3 Å². The molecule has 2 heterocycles. The van der Waals surface area contributed by atoms with Gasteiger partial charge in [0, 0.05) is 31.7 Å². The Bertz CT molecular complexity index is 1340. The Morgan fingerprint density at radius 3 is 2.25 bits per heavy atom. The number of carbonyl (C=O) groups excluding carboxylic acids is 3. The number of nitrogens with zero attached hydrogens (tertiary/aromatic N) is 2. The minimum absolute atomic E-state index is 0.0679. The highest BCUT2D eigenvalue weighted by Gasteiger charge is 2.39. The van der Waals surface area contributed by atoms with E-state index in [0.717, 1.165) is 11.3 Å². The SMILES string of the molecule is COc1cccc(C(=O)N2CCN(C(=O)[C@H](NC(=O)c3cccs3)S(=O)(=O)c3ccccc3)CC2)c1. The quantitative estimate of drug-likeness (QED) is 0.504. The van der Waals surface area contributed by atoms with E-state index in [4.69, 9.17) is 4.74 Å². The van der Waals surface area contributed by atoms with Gasteiger partial charge in [-0.1, -0.05) is 30.3 Å². The molecule has 2 aromatic carbocycles.